The Morgan fingerprint density at radius 1 is 1.10 bits per heavy atom. The van der Waals surface area contributed by atoms with Gasteiger partial charge in [-0.3, -0.25) is 4.79 Å². The number of para-hydroxylation sites is 1. The van der Waals surface area contributed by atoms with Gasteiger partial charge >= 0.3 is 5.97 Å². The molecule has 0 aliphatic carbocycles. The number of halogens is 1. The Balaban J connectivity index is 0.00000256. The van der Waals surface area contributed by atoms with Crippen LogP contribution in [0.1, 0.15) is 29.5 Å². The molecule has 0 fully saturated rings. The number of carbonyl (C=O) groups is 2. The van der Waals surface area contributed by atoms with E-state index in [-0.39, 0.29) is 31.5 Å². The molecule has 7 heteroatoms. The molecule has 2 aromatic carbocycles. The fraction of sp³-hybridized carbons (Fsp3) is 0.261. The van der Waals surface area contributed by atoms with Crippen molar-refractivity contribution in [2.75, 3.05) is 11.9 Å². The summed E-state index contributed by atoms with van der Waals surface area (Å²) in [5, 5.41) is 2.87. The van der Waals surface area contributed by atoms with E-state index >= 15 is 0 Å². The third-order valence-corrected chi connectivity index (χ3v) is 5.07. The molecule has 6 nitrogen and oxygen atoms in total. The second-order valence-corrected chi connectivity index (χ2v) is 6.99. The Hall–Kier alpha value is -3.12. The maximum Gasteiger partial charge on any atom is 0.340 e. The molecule has 0 bridgehead atoms. The third-order valence-electron chi connectivity index (χ3n) is 5.07. The molecule has 0 atom stereocenters. The number of nitrogens with zero attached hydrogens (tertiary/aromatic N) is 2. The third kappa shape index (κ3) is 4.39. The quantitative estimate of drug-likeness (QED) is 0.453. The first-order valence-electron chi connectivity index (χ1n) is 9.90. The molecule has 1 N–H and O–H groups in total. The molecule has 0 saturated carbocycles. The number of esters is 1. The summed E-state index contributed by atoms with van der Waals surface area (Å²) in [6, 6.07) is 17.1. The first-order chi connectivity index (χ1) is 14.2. The van der Waals surface area contributed by atoms with Gasteiger partial charge in [0.2, 0.25) is 0 Å². The second-order valence-electron chi connectivity index (χ2n) is 6.99. The molecule has 0 spiro atoms. The van der Waals surface area contributed by atoms with Gasteiger partial charge in [-0.15, -0.1) is 0 Å². The largest absolute Gasteiger partial charge is 1.00 e. The molecule has 1 aliphatic heterocycles. The van der Waals surface area contributed by atoms with E-state index in [1.807, 2.05) is 29.0 Å². The number of fused-ring (bicyclic) bond motifs is 1. The van der Waals surface area contributed by atoms with Crippen LogP contribution in [0.3, 0.4) is 0 Å². The van der Waals surface area contributed by atoms with Crippen LogP contribution in [0, 0.1) is 0 Å². The van der Waals surface area contributed by atoms with Crippen LogP contribution in [0.5, 0.6) is 0 Å². The minimum absolute atomic E-state index is 0. The predicted octanol–water partition coefficient (Wildman–Crippen LogP) is 0.208. The molecule has 3 aromatic rings. The molecule has 1 aromatic heterocycles. The zero-order chi connectivity index (χ0) is 20.2. The topological polar surface area (TPSA) is 64.2 Å². The van der Waals surface area contributed by atoms with Crippen LogP contribution in [-0.4, -0.2) is 23.1 Å². The molecule has 1 amide bonds. The number of nitrogens with one attached hydrogen (secondary N) is 1. The SMILES string of the molecule is CCOC(=O)c1ccccc1NC(=O)C[n+]1cc(-c2ccccc2)n2c1CCC2.[Cl-]. The number of carbonyl (C=O) groups excluding carboxylic acids is 2. The van der Waals surface area contributed by atoms with Gasteiger partial charge in [-0.25, -0.2) is 13.9 Å². The van der Waals surface area contributed by atoms with E-state index in [9.17, 15) is 9.59 Å². The van der Waals surface area contributed by atoms with E-state index in [2.05, 4.69) is 22.0 Å². The van der Waals surface area contributed by atoms with Crippen molar-refractivity contribution in [3.05, 3.63) is 72.2 Å². The summed E-state index contributed by atoms with van der Waals surface area (Å²) in [5.41, 5.74) is 3.09. The number of ether oxygens (including phenoxy) is 1. The van der Waals surface area contributed by atoms with Crippen LogP contribution in [-0.2, 0) is 29.0 Å². The molecule has 0 saturated heterocycles. The summed E-state index contributed by atoms with van der Waals surface area (Å²) in [5.74, 6) is 0.538. The van der Waals surface area contributed by atoms with Crippen LogP contribution in [0.15, 0.2) is 60.8 Å². The lowest BCUT2D eigenvalue weighted by Crippen LogP contribution is -3.00. The highest BCUT2D eigenvalue weighted by molar-refractivity contribution is 6.00. The van der Waals surface area contributed by atoms with E-state index in [0.29, 0.717) is 11.3 Å². The first-order valence-corrected chi connectivity index (χ1v) is 9.90. The van der Waals surface area contributed by atoms with E-state index in [1.54, 1.807) is 31.2 Å². The number of anilines is 1. The molecular formula is C23H24ClN3O3. The molecular weight excluding hydrogens is 402 g/mol. The average molecular weight is 426 g/mol. The molecule has 30 heavy (non-hydrogen) atoms. The molecule has 156 valence electrons. The highest BCUT2D eigenvalue weighted by atomic mass is 35.5. The minimum Gasteiger partial charge on any atom is -1.00 e. The van der Waals surface area contributed by atoms with Gasteiger partial charge in [0, 0.05) is 5.56 Å². The van der Waals surface area contributed by atoms with Crippen molar-refractivity contribution in [1.82, 2.24) is 4.57 Å². The normalized spacial score (nSPS) is 12.0. The Morgan fingerprint density at radius 2 is 1.83 bits per heavy atom. The lowest BCUT2D eigenvalue weighted by molar-refractivity contribution is -0.690. The average Bonchev–Trinajstić information content (AvgIpc) is 3.33. The van der Waals surface area contributed by atoms with Crippen LogP contribution >= 0.6 is 0 Å². The maximum atomic E-state index is 12.8. The van der Waals surface area contributed by atoms with Crippen molar-refractivity contribution < 1.29 is 31.3 Å². The highest BCUT2D eigenvalue weighted by Crippen LogP contribution is 2.24. The van der Waals surface area contributed by atoms with Gasteiger partial charge in [0.25, 0.3) is 11.7 Å². The number of amides is 1. The van der Waals surface area contributed by atoms with Gasteiger partial charge in [-0.1, -0.05) is 42.5 Å². The number of rotatable bonds is 6. The van der Waals surface area contributed by atoms with Crippen molar-refractivity contribution in [3.63, 3.8) is 0 Å². The fourth-order valence-electron chi connectivity index (χ4n) is 3.81. The van der Waals surface area contributed by atoms with Crippen LogP contribution in [0.4, 0.5) is 5.69 Å². The summed E-state index contributed by atoms with van der Waals surface area (Å²) in [6.07, 6.45) is 4.06. The summed E-state index contributed by atoms with van der Waals surface area (Å²) in [6.45, 7) is 3.20. The fourth-order valence-corrected chi connectivity index (χ4v) is 3.81. The first kappa shape index (κ1) is 21.6. The van der Waals surface area contributed by atoms with Gasteiger partial charge < -0.3 is 22.5 Å². The Labute approximate surface area is 181 Å². The van der Waals surface area contributed by atoms with Crippen molar-refractivity contribution >= 4 is 17.6 Å². The summed E-state index contributed by atoms with van der Waals surface area (Å²) >= 11 is 0. The lowest BCUT2D eigenvalue weighted by Gasteiger charge is -2.09. The monoisotopic (exact) mass is 425 g/mol. The second kappa shape index (κ2) is 9.59. The zero-order valence-electron chi connectivity index (χ0n) is 16.8. The van der Waals surface area contributed by atoms with Gasteiger partial charge in [-0.2, -0.15) is 0 Å². The summed E-state index contributed by atoms with van der Waals surface area (Å²) in [7, 11) is 0. The summed E-state index contributed by atoms with van der Waals surface area (Å²) in [4.78, 5) is 24.9. The van der Waals surface area contributed by atoms with E-state index in [0.717, 1.165) is 36.5 Å². The maximum absolute atomic E-state index is 12.8. The number of imidazole rings is 1. The number of benzene rings is 2. The predicted molar refractivity (Wildman–Crippen MR) is 109 cm³/mol. The van der Waals surface area contributed by atoms with Crippen molar-refractivity contribution in [1.29, 1.82) is 0 Å². The zero-order valence-corrected chi connectivity index (χ0v) is 17.6. The van der Waals surface area contributed by atoms with Crippen LogP contribution < -0.4 is 22.3 Å². The number of hydrogen-bond acceptors (Lipinski definition) is 3. The van der Waals surface area contributed by atoms with Crippen LogP contribution in [0.25, 0.3) is 11.3 Å². The molecule has 1 aliphatic rings. The minimum atomic E-state index is -0.438. The highest BCUT2D eigenvalue weighted by Gasteiger charge is 2.29. The summed E-state index contributed by atoms with van der Waals surface area (Å²) < 4.78 is 9.38. The Bertz CT molecular complexity index is 1050. The lowest BCUT2D eigenvalue weighted by atomic mass is 10.1. The van der Waals surface area contributed by atoms with Crippen LogP contribution in [0.2, 0.25) is 0 Å². The smallest absolute Gasteiger partial charge is 0.340 e. The van der Waals surface area contributed by atoms with Gasteiger partial charge in [-0.05, 0) is 25.5 Å². The van der Waals surface area contributed by atoms with Crippen molar-refractivity contribution in [3.8, 4) is 11.3 Å². The number of aromatic nitrogens is 2. The van der Waals surface area contributed by atoms with E-state index < -0.39 is 5.97 Å². The molecule has 4 rings (SSSR count). The van der Waals surface area contributed by atoms with Gasteiger partial charge in [0.15, 0.2) is 12.2 Å². The van der Waals surface area contributed by atoms with Crippen molar-refractivity contribution in [2.45, 2.75) is 32.9 Å². The Morgan fingerprint density at radius 3 is 2.60 bits per heavy atom. The number of hydrogen-bond donors (Lipinski definition) is 1. The molecule has 0 radical (unpaired) electrons. The van der Waals surface area contributed by atoms with Gasteiger partial charge in [0.1, 0.15) is 6.20 Å². The van der Waals surface area contributed by atoms with Gasteiger partial charge in [0.05, 0.1) is 30.8 Å². The molecule has 2 heterocycles. The standard InChI is InChI=1S/C23H23N3O3.ClH/c1-2-29-23(28)18-11-6-7-12-19(18)24-21(27)16-25-15-20(17-9-4-3-5-10-17)26-14-8-13-22(25)26;/h3-7,9-12,15H,2,8,13-14,16H2,1H3;1H. The molecule has 0 unspecified atom stereocenters. The Kier molecular flexibility index (Phi) is 6.90. The van der Waals surface area contributed by atoms with E-state index in [1.165, 1.54) is 0 Å². The van der Waals surface area contributed by atoms with E-state index in [4.69, 9.17) is 4.74 Å². The van der Waals surface area contributed by atoms with Crippen molar-refractivity contribution in [2.24, 2.45) is 0 Å².